The molecule has 0 amide bonds. The van der Waals surface area contributed by atoms with Crippen LogP contribution in [0.15, 0.2) is 0 Å². The van der Waals surface area contributed by atoms with Crippen molar-refractivity contribution in [1.29, 1.82) is 0 Å². The molecular formula is Fe2NiP6. The van der Waals surface area contributed by atoms with Crippen LogP contribution in [0.5, 0.6) is 0 Å². The summed E-state index contributed by atoms with van der Waals surface area (Å²) in [6.45, 7) is 0. The van der Waals surface area contributed by atoms with E-state index in [1.807, 2.05) is 0 Å². The van der Waals surface area contributed by atoms with Gasteiger partial charge in [-0.3, -0.25) is 0 Å². The summed E-state index contributed by atoms with van der Waals surface area (Å²) in [5.74, 6) is 0. The summed E-state index contributed by atoms with van der Waals surface area (Å²) in [6.07, 6.45) is 0. The summed E-state index contributed by atoms with van der Waals surface area (Å²) in [6, 6.07) is 0. The Labute approximate surface area is 80.3 Å². The van der Waals surface area contributed by atoms with Crippen molar-refractivity contribution in [1.82, 2.24) is 0 Å². The molecule has 0 unspecified atom stereocenters. The van der Waals surface area contributed by atoms with Gasteiger partial charge in [0.05, 0.1) is 0 Å². The summed E-state index contributed by atoms with van der Waals surface area (Å²) in [7, 11) is 21.3. The van der Waals surface area contributed by atoms with Crippen LogP contribution in [0.25, 0.3) is 0 Å². The van der Waals surface area contributed by atoms with Gasteiger partial charge in [0.1, 0.15) is 0 Å². The van der Waals surface area contributed by atoms with Gasteiger partial charge in [-0.25, -0.2) is 0 Å². The zero-order chi connectivity index (χ0) is 7.15. The van der Waals surface area contributed by atoms with Crippen molar-refractivity contribution in [3.8, 4) is 0 Å². The number of hydrogen-bond donors (Lipinski definition) is 0. The summed E-state index contributed by atoms with van der Waals surface area (Å²) < 4.78 is 0. The molecule has 0 aromatic rings. The molecule has 0 aliphatic carbocycles. The van der Waals surface area contributed by atoms with Crippen LogP contribution < -0.4 is 0 Å². The monoisotopic (exact) mass is 356 g/mol. The Kier molecular flexibility index (Phi) is 30.6. The standard InChI is InChI=1S/2Fe.Ni.6P. The summed E-state index contributed by atoms with van der Waals surface area (Å²) in [5.41, 5.74) is 0. The first kappa shape index (κ1) is 18.8. The van der Waals surface area contributed by atoms with Gasteiger partial charge in [0.25, 0.3) is 0 Å². The first-order valence-electron chi connectivity index (χ1n) is 0.949. The van der Waals surface area contributed by atoms with Crippen LogP contribution in [0, 0.1) is 0 Å². The van der Waals surface area contributed by atoms with E-state index in [9.17, 15) is 0 Å². The maximum atomic E-state index is 3.78. The van der Waals surface area contributed by atoms with Crippen LogP contribution in [0.1, 0.15) is 0 Å². The molecule has 0 saturated heterocycles. The fourth-order valence-corrected chi connectivity index (χ4v) is 0. The summed E-state index contributed by atoms with van der Waals surface area (Å²) in [4.78, 5) is 0. The normalized spacial score (nSPS) is 4.67. The molecule has 0 nitrogen and oxygen atoms in total. The Bertz CT molecular complexity index is 514. The molecule has 56 valence electrons. The van der Waals surface area contributed by atoms with E-state index in [0.717, 1.165) is 0 Å². The van der Waals surface area contributed by atoms with E-state index in [1.165, 1.54) is 0 Å². The third-order valence-corrected chi connectivity index (χ3v) is 0. The third-order valence-electron chi connectivity index (χ3n) is 0. The van der Waals surface area contributed by atoms with Crippen molar-refractivity contribution in [2.75, 3.05) is 0 Å². The topological polar surface area (TPSA) is 0 Å². The molecule has 0 rings (SSSR count). The Morgan fingerprint density at radius 3 is 0.556 bits per heavy atom. The minimum absolute atomic E-state index is 0. The molecule has 0 N–H and O–H groups in total. The summed E-state index contributed by atoms with van der Waals surface area (Å²) in [5, 5.41) is 0. The first-order chi connectivity index (χ1) is 3.46. The second-order valence-electron chi connectivity index (χ2n) is 0.424. The van der Waals surface area contributed by atoms with E-state index in [4.69, 9.17) is 0 Å². The molecule has 0 aromatic heterocycles. The zero-order valence-corrected chi connectivity index (χ0v) is 12.3. The molecule has 0 spiro atoms. The quantitative estimate of drug-likeness (QED) is 0.415. The Morgan fingerprint density at radius 1 is 0.556 bits per heavy atom. The minimum atomic E-state index is -0.667. The third kappa shape index (κ3) is 73.2. The van der Waals surface area contributed by atoms with Crippen LogP contribution in [-0.2, 0) is 37.5 Å². The molecule has 0 atom stereocenters. The maximum absolute atomic E-state index is 3.78. The van der Waals surface area contributed by atoms with Gasteiger partial charge in [0.15, 0.2) is 0 Å². The van der Waals surface area contributed by atoms with Crippen molar-refractivity contribution in [3.63, 3.8) is 0 Å². The van der Waals surface area contributed by atoms with Crippen LogP contribution in [0.4, 0.5) is 0 Å². The molecule has 0 fully saturated rings. The predicted molar refractivity (Wildman–Crippen MR) is 41.5 cm³/mol. The summed E-state index contributed by atoms with van der Waals surface area (Å²) >= 11 is 0. The molecule has 0 bridgehead atoms. The fraction of sp³-hybridized carbons (Fsp3) is 0. The van der Waals surface area contributed by atoms with Crippen molar-refractivity contribution < 1.29 is 37.5 Å². The first-order valence-corrected chi connectivity index (χ1v) is 11.7. The van der Waals surface area contributed by atoms with E-state index in [-0.39, 0.29) is 16.5 Å². The van der Waals surface area contributed by atoms with Crippen molar-refractivity contribution in [3.05, 3.63) is 0 Å². The van der Waals surface area contributed by atoms with Gasteiger partial charge >= 0.3 is 64.7 Å². The Morgan fingerprint density at radius 2 is 0.556 bits per heavy atom. The van der Waals surface area contributed by atoms with Crippen LogP contribution in [0.2, 0.25) is 0 Å². The van der Waals surface area contributed by atoms with E-state index in [1.54, 1.807) is 0 Å². The zero-order valence-electron chi connectivity index (χ0n) is 3.71. The molecule has 0 heterocycles. The second-order valence-corrected chi connectivity index (χ2v) is 15.7. The van der Waals surface area contributed by atoms with Gasteiger partial charge in [0.2, 0.25) is 0 Å². The SMILES string of the molecule is [Ni].[P]#[Fe](#[P])#[P].[P]#[Fe](#[P])#[P]. The van der Waals surface area contributed by atoms with Crippen LogP contribution in [0.3, 0.4) is 0 Å². The second kappa shape index (κ2) is 14.6. The molecular weight excluding hydrogens is 356 g/mol. The average Bonchev–Trinajstić information content (AvgIpc) is 1.25. The fourth-order valence-electron chi connectivity index (χ4n) is 0. The van der Waals surface area contributed by atoms with E-state index in [2.05, 4.69) is 43.6 Å². The number of hydrogen-bond acceptors (Lipinski definition) is 0. The van der Waals surface area contributed by atoms with E-state index < -0.39 is 21.0 Å². The van der Waals surface area contributed by atoms with Crippen LogP contribution >= 0.6 is 43.6 Å². The predicted octanol–water partition coefficient (Wildman–Crippen LogP) is 5.16. The van der Waals surface area contributed by atoms with E-state index in [0.29, 0.717) is 0 Å². The molecule has 0 radical (unpaired) electrons. The molecule has 9 heteroatoms. The van der Waals surface area contributed by atoms with Gasteiger partial charge in [-0.05, 0) is 0 Å². The van der Waals surface area contributed by atoms with Crippen molar-refractivity contribution in [2.24, 2.45) is 0 Å². The Hall–Kier alpha value is 4.11. The van der Waals surface area contributed by atoms with Gasteiger partial charge in [-0.1, -0.05) is 0 Å². The molecule has 0 aliphatic heterocycles. The number of rotatable bonds is 0. The van der Waals surface area contributed by atoms with Crippen molar-refractivity contribution in [2.45, 2.75) is 0 Å². The Balaban J connectivity index is -0.0000000720. The van der Waals surface area contributed by atoms with Gasteiger partial charge in [-0.15, -0.1) is 0 Å². The van der Waals surface area contributed by atoms with Crippen LogP contribution in [-0.4, -0.2) is 0 Å². The van der Waals surface area contributed by atoms with Crippen molar-refractivity contribution >= 4 is 43.6 Å². The molecule has 0 aliphatic rings. The molecule has 0 saturated carbocycles. The van der Waals surface area contributed by atoms with Gasteiger partial charge < -0.3 is 0 Å². The van der Waals surface area contributed by atoms with Gasteiger partial charge in [-0.2, -0.15) is 0 Å². The average molecular weight is 356 g/mol. The molecule has 9 heavy (non-hydrogen) atoms. The van der Waals surface area contributed by atoms with Gasteiger partial charge in [0, 0.05) is 16.5 Å². The molecule has 0 aromatic carbocycles. The van der Waals surface area contributed by atoms with E-state index >= 15 is 0 Å².